The number of hydrogen-bond acceptors (Lipinski definition) is 3. The Balaban J connectivity index is 0.00000106. The van der Waals surface area contributed by atoms with Crippen molar-refractivity contribution in [1.82, 2.24) is 0 Å². The maximum atomic E-state index is 10.9. The van der Waals surface area contributed by atoms with Gasteiger partial charge in [0.05, 0.1) is 7.11 Å². The van der Waals surface area contributed by atoms with Crippen LogP contribution in [0.25, 0.3) is 0 Å². The fourth-order valence-corrected chi connectivity index (χ4v) is 1.91. The molecule has 0 aliphatic rings. The maximum Gasteiger partial charge on any atom is 0.164 e. The molecule has 0 spiro atoms. The van der Waals surface area contributed by atoms with Gasteiger partial charge in [0.2, 0.25) is 0 Å². The number of aldehydes is 1. The summed E-state index contributed by atoms with van der Waals surface area (Å²) in [5, 5.41) is 0. The van der Waals surface area contributed by atoms with E-state index in [4.69, 9.17) is 9.47 Å². The number of hydrogen-bond donors (Lipinski definition) is 0. The predicted octanol–water partition coefficient (Wildman–Crippen LogP) is 4.42. The van der Waals surface area contributed by atoms with Gasteiger partial charge in [-0.15, -0.1) is 0 Å². The molecule has 0 N–H and O–H groups in total. The quantitative estimate of drug-likeness (QED) is 0.763. The van der Waals surface area contributed by atoms with E-state index in [1.807, 2.05) is 51.1 Å². The molecule has 0 aromatic heterocycles. The molecule has 2 aromatic rings. The van der Waals surface area contributed by atoms with Crippen molar-refractivity contribution in [2.45, 2.75) is 27.4 Å². The monoisotopic (exact) mass is 286 g/mol. The van der Waals surface area contributed by atoms with Crippen molar-refractivity contribution in [2.24, 2.45) is 0 Å². The number of benzene rings is 2. The molecule has 0 amide bonds. The highest BCUT2D eigenvalue weighted by molar-refractivity contribution is 5.79. The zero-order valence-corrected chi connectivity index (χ0v) is 13.1. The third-order valence-corrected chi connectivity index (χ3v) is 2.98. The topological polar surface area (TPSA) is 35.5 Å². The fraction of sp³-hybridized carbons (Fsp3) is 0.278. The van der Waals surface area contributed by atoms with Crippen LogP contribution in [-0.4, -0.2) is 13.4 Å². The van der Waals surface area contributed by atoms with E-state index in [0.29, 0.717) is 23.7 Å². The van der Waals surface area contributed by atoms with E-state index in [1.165, 1.54) is 0 Å². The minimum atomic E-state index is 0.469. The number of rotatable bonds is 5. The van der Waals surface area contributed by atoms with Gasteiger partial charge in [0.15, 0.2) is 11.5 Å². The Morgan fingerprint density at radius 2 is 1.71 bits per heavy atom. The Hall–Kier alpha value is -2.29. The van der Waals surface area contributed by atoms with Gasteiger partial charge in [-0.25, -0.2) is 0 Å². The highest BCUT2D eigenvalue weighted by Crippen LogP contribution is 2.32. The zero-order valence-electron chi connectivity index (χ0n) is 13.1. The number of methoxy groups -OCH3 is 1. The first-order chi connectivity index (χ1) is 10.3. The number of carbonyl (C=O) groups excluding carboxylic acids is 1. The highest BCUT2D eigenvalue weighted by atomic mass is 16.5. The summed E-state index contributed by atoms with van der Waals surface area (Å²) in [6.45, 7) is 6.31. The van der Waals surface area contributed by atoms with Gasteiger partial charge in [0, 0.05) is 11.1 Å². The molecular formula is C18H22O3. The minimum absolute atomic E-state index is 0.469. The summed E-state index contributed by atoms with van der Waals surface area (Å²) >= 11 is 0. The van der Waals surface area contributed by atoms with Crippen LogP contribution in [0.15, 0.2) is 42.5 Å². The summed E-state index contributed by atoms with van der Waals surface area (Å²) in [5.41, 5.74) is 2.49. The average molecular weight is 286 g/mol. The molecule has 3 nitrogen and oxygen atoms in total. The number of carbonyl (C=O) groups is 1. The molecule has 0 saturated heterocycles. The van der Waals surface area contributed by atoms with Crippen LogP contribution in [0, 0.1) is 6.92 Å². The molecule has 0 aliphatic heterocycles. The smallest absolute Gasteiger partial charge is 0.164 e. The van der Waals surface area contributed by atoms with Gasteiger partial charge in [0.1, 0.15) is 12.9 Å². The lowest BCUT2D eigenvalue weighted by molar-refractivity contribution is 0.112. The van der Waals surface area contributed by atoms with Gasteiger partial charge in [-0.1, -0.05) is 44.2 Å². The van der Waals surface area contributed by atoms with Crippen molar-refractivity contribution in [3.05, 3.63) is 59.2 Å². The molecule has 0 unspecified atom stereocenters. The molecule has 0 heterocycles. The van der Waals surface area contributed by atoms with Crippen LogP contribution in [0.2, 0.25) is 0 Å². The van der Waals surface area contributed by atoms with E-state index in [-0.39, 0.29) is 0 Å². The Labute approximate surface area is 126 Å². The normalized spacial score (nSPS) is 9.33. The first-order valence-corrected chi connectivity index (χ1v) is 7.05. The lowest BCUT2D eigenvalue weighted by atomic mass is 10.1. The molecule has 0 aliphatic carbocycles. The zero-order chi connectivity index (χ0) is 15.7. The van der Waals surface area contributed by atoms with Crippen molar-refractivity contribution in [3.63, 3.8) is 0 Å². The second-order valence-electron chi connectivity index (χ2n) is 4.20. The molecule has 0 bridgehead atoms. The molecule has 112 valence electrons. The van der Waals surface area contributed by atoms with Crippen LogP contribution in [-0.2, 0) is 6.61 Å². The van der Waals surface area contributed by atoms with Crippen LogP contribution in [0.3, 0.4) is 0 Å². The molecule has 3 heteroatoms. The van der Waals surface area contributed by atoms with Gasteiger partial charge >= 0.3 is 0 Å². The summed E-state index contributed by atoms with van der Waals surface area (Å²) in [6.07, 6.45) is 0.818. The SMILES string of the molecule is CC.COc1c(OCc2ccccc2)ccc(C=O)c1C. The third-order valence-electron chi connectivity index (χ3n) is 2.98. The van der Waals surface area contributed by atoms with Crippen molar-refractivity contribution in [2.75, 3.05) is 7.11 Å². The summed E-state index contributed by atoms with van der Waals surface area (Å²) in [4.78, 5) is 10.9. The first-order valence-electron chi connectivity index (χ1n) is 7.05. The van der Waals surface area contributed by atoms with Gasteiger partial charge in [-0.2, -0.15) is 0 Å². The Morgan fingerprint density at radius 3 is 2.29 bits per heavy atom. The standard InChI is InChI=1S/C16H16O3.C2H6/c1-12-14(10-17)8-9-15(16(12)18-2)19-11-13-6-4-3-5-7-13;1-2/h3-10H,11H2,1-2H3;1-2H3. The minimum Gasteiger partial charge on any atom is -0.493 e. The predicted molar refractivity (Wildman–Crippen MR) is 85.2 cm³/mol. The van der Waals surface area contributed by atoms with Gasteiger partial charge in [0.25, 0.3) is 0 Å². The lowest BCUT2D eigenvalue weighted by Crippen LogP contribution is -2.00. The van der Waals surface area contributed by atoms with Crippen molar-refractivity contribution in [3.8, 4) is 11.5 Å². The molecule has 2 rings (SSSR count). The summed E-state index contributed by atoms with van der Waals surface area (Å²) in [7, 11) is 1.58. The summed E-state index contributed by atoms with van der Waals surface area (Å²) < 4.78 is 11.1. The Morgan fingerprint density at radius 1 is 1.05 bits per heavy atom. The molecule has 2 aromatic carbocycles. The van der Waals surface area contributed by atoms with Gasteiger partial charge < -0.3 is 9.47 Å². The van der Waals surface area contributed by atoms with Crippen molar-refractivity contribution >= 4 is 6.29 Å². The number of ether oxygens (including phenoxy) is 2. The van der Waals surface area contributed by atoms with Crippen molar-refractivity contribution < 1.29 is 14.3 Å². The fourth-order valence-electron chi connectivity index (χ4n) is 1.91. The van der Waals surface area contributed by atoms with Gasteiger partial charge in [-0.05, 0) is 24.6 Å². The molecule has 0 atom stereocenters. The first kappa shape index (κ1) is 16.8. The Bertz CT molecular complexity index is 562. The van der Waals surface area contributed by atoms with Crippen LogP contribution in [0.1, 0.15) is 35.3 Å². The van der Waals surface area contributed by atoms with E-state index >= 15 is 0 Å². The third kappa shape index (κ3) is 4.35. The average Bonchev–Trinajstić information content (AvgIpc) is 2.56. The largest absolute Gasteiger partial charge is 0.493 e. The highest BCUT2D eigenvalue weighted by Gasteiger charge is 2.11. The van der Waals surface area contributed by atoms with Crippen LogP contribution in [0.4, 0.5) is 0 Å². The molecular weight excluding hydrogens is 264 g/mol. The van der Waals surface area contributed by atoms with Crippen molar-refractivity contribution in [1.29, 1.82) is 0 Å². The molecule has 0 fully saturated rings. The maximum absolute atomic E-state index is 10.9. The second-order valence-corrected chi connectivity index (χ2v) is 4.20. The second kappa shape index (κ2) is 8.80. The van der Waals surface area contributed by atoms with E-state index in [0.717, 1.165) is 17.4 Å². The lowest BCUT2D eigenvalue weighted by Gasteiger charge is -2.14. The van der Waals surface area contributed by atoms with Crippen LogP contribution < -0.4 is 9.47 Å². The van der Waals surface area contributed by atoms with E-state index < -0.39 is 0 Å². The summed E-state index contributed by atoms with van der Waals surface area (Å²) in [6, 6.07) is 13.4. The molecule has 21 heavy (non-hydrogen) atoms. The van der Waals surface area contributed by atoms with E-state index in [2.05, 4.69) is 0 Å². The van der Waals surface area contributed by atoms with Crippen LogP contribution in [0.5, 0.6) is 11.5 Å². The van der Waals surface area contributed by atoms with Crippen LogP contribution >= 0.6 is 0 Å². The van der Waals surface area contributed by atoms with E-state index in [9.17, 15) is 4.79 Å². The molecule has 0 radical (unpaired) electrons. The molecule has 0 saturated carbocycles. The van der Waals surface area contributed by atoms with E-state index in [1.54, 1.807) is 19.2 Å². The Kier molecular flexibility index (Phi) is 7.02. The van der Waals surface area contributed by atoms with Gasteiger partial charge in [-0.3, -0.25) is 4.79 Å². The summed E-state index contributed by atoms with van der Waals surface area (Å²) in [5.74, 6) is 1.26.